The normalized spacial score (nSPS) is 11.7. The van der Waals surface area contributed by atoms with Crippen molar-refractivity contribution in [3.8, 4) is 55.6 Å². The van der Waals surface area contributed by atoms with Crippen molar-refractivity contribution in [3.63, 3.8) is 0 Å². The van der Waals surface area contributed by atoms with E-state index in [0.717, 1.165) is 0 Å². The summed E-state index contributed by atoms with van der Waals surface area (Å²) in [5, 5.41) is 15.1. The van der Waals surface area contributed by atoms with Crippen LogP contribution in [0.5, 0.6) is 0 Å². The van der Waals surface area contributed by atoms with Crippen LogP contribution in [0.2, 0.25) is 0 Å². The third kappa shape index (κ3) is 5.46. The molecule has 0 bridgehead atoms. The molecule has 12 aromatic rings. The van der Waals surface area contributed by atoms with Gasteiger partial charge >= 0.3 is 0 Å². The Bertz CT molecular complexity index is 3520. The van der Waals surface area contributed by atoms with E-state index >= 15 is 0 Å². The van der Waals surface area contributed by atoms with Gasteiger partial charge in [0.05, 0.1) is 0 Å². The summed E-state index contributed by atoms with van der Waals surface area (Å²) in [6.07, 6.45) is 0. The van der Waals surface area contributed by atoms with Gasteiger partial charge in [0.1, 0.15) is 0 Å². The summed E-state index contributed by atoms with van der Waals surface area (Å²) in [5.41, 5.74) is 12.5. The number of benzene rings is 12. The monoisotopic (exact) mass is 758 g/mol. The molecule has 0 saturated carbocycles. The highest BCUT2D eigenvalue weighted by atomic mass is 14.2. The van der Waals surface area contributed by atoms with Gasteiger partial charge in [-0.1, -0.05) is 212 Å². The number of hydrogen-bond acceptors (Lipinski definition) is 0. The van der Waals surface area contributed by atoms with Gasteiger partial charge < -0.3 is 0 Å². The van der Waals surface area contributed by atoms with Gasteiger partial charge in [0.15, 0.2) is 0 Å². The summed E-state index contributed by atoms with van der Waals surface area (Å²) in [6, 6.07) is 85.1. The lowest BCUT2D eigenvalue weighted by molar-refractivity contribution is 1.61. The standard InChI is InChI=1S/C60H38/c1-3-16-39(17-4-1)43-20-15-21-44(36-43)58-51-26-11-13-28-53(51)60(54-29-14-12-27-52(54)58)46-35-33-41-31-30-40-32-34-45(37-55(40)56(41)38-46)59-49-24-9-7-22-47(49)57(42-18-5-2-6-19-42)48-23-8-10-25-50(48)59/h1-38H. The van der Waals surface area contributed by atoms with Crippen LogP contribution in [0.25, 0.3) is 120 Å². The van der Waals surface area contributed by atoms with Crippen LogP contribution in [0.4, 0.5) is 0 Å². The Kier molecular flexibility index (Phi) is 7.96. The summed E-state index contributed by atoms with van der Waals surface area (Å²) >= 11 is 0. The first-order chi connectivity index (χ1) is 29.8. The summed E-state index contributed by atoms with van der Waals surface area (Å²) in [4.78, 5) is 0. The molecule has 0 heteroatoms. The molecule has 0 atom stereocenters. The minimum Gasteiger partial charge on any atom is -0.0622 e. The molecule has 0 radical (unpaired) electrons. The van der Waals surface area contributed by atoms with Gasteiger partial charge in [0.25, 0.3) is 0 Å². The van der Waals surface area contributed by atoms with E-state index in [1.54, 1.807) is 0 Å². The van der Waals surface area contributed by atoms with E-state index in [2.05, 4.69) is 231 Å². The molecular formula is C60H38. The number of fused-ring (bicyclic) bond motifs is 7. The van der Waals surface area contributed by atoms with E-state index in [9.17, 15) is 0 Å². The van der Waals surface area contributed by atoms with Gasteiger partial charge in [-0.25, -0.2) is 0 Å². The minimum absolute atomic E-state index is 1.22. The molecule has 0 unspecified atom stereocenters. The van der Waals surface area contributed by atoms with E-state index in [4.69, 9.17) is 0 Å². The molecule has 0 aromatic heterocycles. The van der Waals surface area contributed by atoms with E-state index in [1.165, 1.54) is 120 Å². The zero-order valence-electron chi connectivity index (χ0n) is 32.9. The predicted octanol–water partition coefficient (Wildman–Crippen LogP) is 16.9. The Labute approximate surface area is 349 Å². The smallest absolute Gasteiger partial charge is 0.00261 e. The molecule has 0 fully saturated rings. The van der Waals surface area contributed by atoms with E-state index in [1.807, 2.05) is 0 Å². The van der Waals surface area contributed by atoms with Gasteiger partial charge in [-0.2, -0.15) is 0 Å². The molecule has 0 aliphatic heterocycles. The fourth-order valence-electron chi connectivity index (χ4n) is 9.95. The van der Waals surface area contributed by atoms with Crippen molar-refractivity contribution < 1.29 is 0 Å². The molecule has 0 aliphatic rings. The van der Waals surface area contributed by atoms with Crippen LogP contribution in [0.3, 0.4) is 0 Å². The Hall–Kier alpha value is -7.80. The van der Waals surface area contributed by atoms with Crippen LogP contribution >= 0.6 is 0 Å². The molecule has 0 amide bonds. The maximum Gasteiger partial charge on any atom is -0.00261 e. The Morgan fingerprint density at radius 2 is 0.433 bits per heavy atom. The molecule has 0 heterocycles. The van der Waals surface area contributed by atoms with E-state index in [0.29, 0.717) is 0 Å². The Balaban J connectivity index is 1.09. The molecule has 0 saturated heterocycles. The van der Waals surface area contributed by atoms with Gasteiger partial charge in [0, 0.05) is 0 Å². The van der Waals surface area contributed by atoms with Crippen LogP contribution < -0.4 is 0 Å². The number of hydrogen-bond donors (Lipinski definition) is 0. The highest BCUT2D eigenvalue weighted by molar-refractivity contribution is 6.24. The Morgan fingerprint density at radius 1 is 0.150 bits per heavy atom. The molecule has 60 heavy (non-hydrogen) atoms. The van der Waals surface area contributed by atoms with Crippen LogP contribution in [0, 0.1) is 0 Å². The molecule has 0 nitrogen and oxygen atoms in total. The van der Waals surface area contributed by atoms with Gasteiger partial charge in [-0.3, -0.25) is 0 Å². The largest absolute Gasteiger partial charge is 0.0622 e. The topological polar surface area (TPSA) is 0 Å². The van der Waals surface area contributed by atoms with Crippen LogP contribution in [-0.4, -0.2) is 0 Å². The predicted molar refractivity (Wildman–Crippen MR) is 259 cm³/mol. The van der Waals surface area contributed by atoms with E-state index in [-0.39, 0.29) is 0 Å². The second-order valence-electron chi connectivity index (χ2n) is 15.9. The zero-order chi connectivity index (χ0) is 39.6. The lowest BCUT2D eigenvalue weighted by Crippen LogP contribution is -1.92. The molecule has 0 aliphatic carbocycles. The molecule has 278 valence electrons. The summed E-state index contributed by atoms with van der Waals surface area (Å²) in [5.74, 6) is 0. The van der Waals surface area contributed by atoms with Crippen molar-refractivity contribution in [1.29, 1.82) is 0 Å². The highest BCUT2D eigenvalue weighted by Gasteiger charge is 2.19. The Morgan fingerprint density at radius 3 is 0.833 bits per heavy atom. The van der Waals surface area contributed by atoms with Crippen molar-refractivity contribution in [3.05, 3.63) is 231 Å². The van der Waals surface area contributed by atoms with Crippen LogP contribution in [0.1, 0.15) is 0 Å². The van der Waals surface area contributed by atoms with Crippen molar-refractivity contribution in [2.75, 3.05) is 0 Å². The third-order valence-corrected chi connectivity index (χ3v) is 12.6. The fourth-order valence-corrected chi connectivity index (χ4v) is 9.95. The quantitative estimate of drug-likeness (QED) is 0.121. The second-order valence-corrected chi connectivity index (χ2v) is 15.9. The summed E-state index contributed by atoms with van der Waals surface area (Å²) in [7, 11) is 0. The van der Waals surface area contributed by atoms with E-state index < -0.39 is 0 Å². The molecular weight excluding hydrogens is 721 g/mol. The minimum atomic E-state index is 1.22. The van der Waals surface area contributed by atoms with Crippen molar-refractivity contribution in [1.82, 2.24) is 0 Å². The third-order valence-electron chi connectivity index (χ3n) is 12.6. The lowest BCUT2D eigenvalue weighted by Gasteiger charge is -2.19. The van der Waals surface area contributed by atoms with Gasteiger partial charge in [-0.05, 0) is 138 Å². The first kappa shape index (κ1) is 34.3. The van der Waals surface area contributed by atoms with Crippen LogP contribution in [0.15, 0.2) is 231 Å². The maximum absolute atomic E-state index is 2.44. The highest BCUT2D eigenvalue weighted by Crippen LogP contribution is 2.47. The van der Waals surface area contributed by atoms with Crippen molar-refractivity contribution in [2.24, 2.45) is 0 Å². The average molecular weight is 759 g/mol. The first-order valence-electron chi connectivity index (χ1n) is 20.8. The van der Waals surface area contributed by atoms with Crippen molar-refractivity contribution >= 4 is 64.6 Å². The van der Waals surface area contributed by atoms with Crippen LogP contribution in [-0.2, 0) is 0 Å². The molecule has 0 spiro atoms. The zero-order valence-corrected chi connectivity index (χ0v) is 32.9. The average Bonchev–Trinajstić information content (AvgIpc) is 3.32. The molecule has 12 aromatic carbocycles. The first-order valence-corrected chi connectivity index (χ1v) is 20.8. The maximum atomic E-state index is 2.44. The molecule has 0 N–H and O–H groups in total. The van der Waals surface area contributed by atoms with Crippen molar-refractivity contribution in [2.45, 2.75) is 0 Å². The SMILES string of the molecule is c1ccc(-c2cccc(-c3c4ccccc4c(-c4ccc5ccc6ccc(-c7c8ccccc8c(-c8ccccc8)c8ccccc78)cc6c5c4)c4ccccc34)c2)cc1. The second kappa shape index (κ2) is 13.9. The van der Waals surface area contributed by atoms with Gasteiger partial charge in [0.2, 0.25) is 0 Å². The van der Waals surface area contributed by atoms with Gasteiger partial charge in [-0.15, -0.1) is 0 Å². The molecule has 12 rings (SSSR count). The fraction of sp³-hybridized carbons (Fsp3) is 0. The summed E-state index contributed by atoms with van der Waals surface area (Å²) in [6.45, 7) is 0. The summed E-state index contributed by atoms with van der Waals surface area (Å²) < 4.78 is 0. The lowest BCUT2D eigenvalue weighted by atomic mass is 9.84. The number of rotatable bonds is 5.